The van der Waals surface area contributed by atoms with E-state index in [1.165, 1.54) is 19.2 Å². The second-order valence-corrected chi connectivity index (χ2v) is 4.87. The Bertz CT molecular complexity index is 453. The smallest absolute Gasteiger partial charge is 0.307 e. The van der Waals surface area contributed by atoms with Crippen LogP contribution in [-0.4, -0.2) is 50.7 Å². The van der Waals surface area contributed by atoms with E-state index in [4.69, 9.17) is 4.74 Å². The number of nitrogens with zero attached hydrogens (tertiary/aromatic N) is 2. The van der Waals surface area contributed by atoms with Crippen molar-refractivity contribution in [2.24, 2.45) is 0 Å². The monoisotopic (exact) mass is 266 g/mol. The summed E-state index contributed by atoms with van der Waals surface area (Å²) < 4.78 is 18.1. The first-order valence-corrected chi connectivity index (χ1v) is 6.37. The molecular weight excluding hydrogens is 247 g/mol. The van der Waals surface area contributed by atoms with Crippen LogP contribution >= 0.6 is 0 Å². The maximum absolute atomic E-state index is 13.3. The van der Waals surface area contributed by atoms with E-state index in [-0.39, 0.29) is 17.8 Å². The van der Waals surface area contributed by atoms with Crippen LogP contribution in [0.1, 0.15) is 6.42 Å². The minimum atomic E-state index is -0.256. The van der Waals surface area contributed by atoms with Crippen LogP contribution in [0.25, 0.3) is 0 Å². The number of anilines is 1. The number of halogens is 1. The summed E-state index contributed by atoms with van der Waals surface area (Å²) in [7, 11) is 3.41. The second-order valence-electron chi connectivity index (χ2n) is 4.87. The summed E-state index contributed by atoms with van der Waals surface area (Å²) in [4.78, 5) is 15.7. The summed E-state index contributed by atoms with van der Waals surface area (Å²) in [5.41, 5.74) is 0.821. The van der Waals surface area contributed by atoms with Crippen LogP contribution in [0.15, 0.2) is 24.3 Å². The maximum atomic E-state index is 13.3. The first kappa shape index (κ1) is 13.8. The lowest BCUT2D eigenvalue weighted by Crippen LogP contribution is -2.52. The Morgan fingerprint density at radius 1 is 1.47 bits per heavy atom. The summed E-state index contributed by atoms with van der Waals surface area (Å²) in [6.45, 7) is 2.45. The minimum absolute atomic E-state index is 0.0213. The van der Waals surface area contributed by atoms with Gasteiger partial charge in [0.2, 0.25) is 0 Å². The molecule has 1 unspecified atom stereocenters. The lowest BCUT2D eigenvalue weighted by Gasteiger charge is -2.41. The highest BCUT2D eigenvalue weighted by Crippen LogP contribution is 2.22. The molecule has 104 valence electrons. The number of carbonyl (C=O) groups is 1. The molecule has 19 heavy (non-hydrogen) atoms. The molecule has 0 N–H and O–H groups in total. The lowest BCUT2D eigenvalue weighted by molar-refractivity contribution is -0.141. The van der Waals surface area contributed by atoms with E-state index in [9.17, 15) is 9.18 Å². The third-order valence-electron chi connectivity index (χ3n) is 3.46. The van der Waals surface area contributed by atoms with Gasteiger partial charge in [-0.3, -0.25) is 4.79 Å². The number of esters is 1. The van der Waals surface area contributed by atoms with E-state index in [1.54, 1.807) is 6.07 Å². The van der Waals surface area contributed by atoms with Crippen LogP contribution in [-0.2, 0) is 9.53 Å². The minimum Gasteiger partial charge on any atom is -0.469 e. The van der Waals surface area contributed by atoms with Gasteiger partial charge in [0.15, 0.2) is 0 Å². The molecule has 1 atom stereocenters. The highest BCUT2D eigenvalue weighted by molar-refractivity contribution is 5.71. The number of methoxy groups -OCH3 is 1. The van der Waals surface area contributed by atoms with Crippen LogP contribution in [0.2, 0.25) is 0 Å². The van der Waals surface area contributed by atoms with E-state index < -0.39 is 0 Å². The van der Waals surface area contributed by atoms with Crippen molar-refractivity contribution in [2.45, 2.75) is 12.5 Å². The number of ether oxygens (including phenoxy) is 1. The molecule has 0 bridgehead atoms. The van der Waals surface area contributed by atoms with Crippen molar-refractivity contribution >= 4 is 11.7 Å². The van der Waals surface area contributed by atoms with Gasteiger partial charge in [0.05, 0.1) is 19.6 Å². The first-order chi connectivity index (χ1) is 9.10. The fourth-order valence-corrected chi connectivity index (χ4v) is 2.46. The molecule has 2 rings (SSSR count). The summed E-state index contributed by atoms with van der Waals surface area (Å²) in [5, 5.41) is 0. The van der Waals surface area contributed by atoms with Gasteiger partial charge in [0.25, 0.3) is 0 Å². The van der Waals surface area contributed by atoms with E-state index in [1.807, 2.05) is 13.1 Å². The number of carbonyl (C=O) groups excluding carboxylic acids is 1. The van der Waals surface area contributed by atoms with Gasteiger partial charge in [-0.2, -0.15) is 0 Å². The van der Waals surface area contributed by atoms with E-state index in [0.717, 1.165) is 25.3 Å². The topological polar surface area (TPSA) is 32.8 Å². The summed E-state index contributed by atoms with van der Waals surface area (Å²) in [6, 6.07) is 6.52. The van der Waals surface area contributed by atoms with Gasteiger partial charge in [-0.05, 0) is 25.2 Å². The van der Waals surface area contributed by atoms with Gasteiger partial charge in [0, 0.05) is 25.3 Å². The number of piperazine rings is 1. The Balaban J connectivity index is 2.17. The molecule has 0 aromatic heterocycles. The van der Waals surface area contributed by atoms with Crippen LogP contribution in [0.5, 0.6) is 0 Å². The predicted molar refractivity (Wildman–Crippen MR) is 71.7 cm³/mol. The summed E-state index contributed by atoms with van der Waals surface area (Å²) in [5.74, 6) is -0.491. The zero-order valence-corrected chi connectivity index (χ0v) is 11.3. The van der Waals surface area contributed by atoms with Gasteiger partial charge < -0.3 is 14.5 Å². The molecule has 0 radical (unpaired) electrons. The Morgan fingerprint density at radius 2 is 2.26 bits per heavy atom. The van der Waals surface area contributed by atoms with Crippen molar-refractivity contribution in [3.05, 3.63) is 30.1 Å². The van der Waals surface area contributed by atoms with Crippen molar-refractivity contribution in [3.63, 3.8) is 0 Å². The Hall–Kier alpha value is -1.62. The third-order valence-corrected chi connectivity index (χ3v) is 3.46. The molecule has 1 heterocycles. The molecule has 1 aliphatic heterocycles. The molecule has 0 amide bonds. The van der Waals surface area contributed by atoms with Crippen LogP contribution in [0.4, 0.5) is 10.1 Å². The Kier molecular flexibility index (Phi) is 4.37. The largest absolute Gasteiger partial charge is 0.469 e. The number of hydrogen-bond donors (Lipinski definition) is 0. The molecule has 1 aromatic carbocycles. The number of rotatable bonds is 3. The average Bonchev–Trinajstić information content (AvgIpc) is 2.38. The molecular formula is C14H19FN2O2. The summed E-state index contributed by atoms with van der Waals surface area (Å²) >= 11 is 0. The molecule has 5 heteroatoms. The standard InChI is InChI=1S/C14H19FN2O2/c1-16-6-7-17(12-5-3-4-11(15)8-12)13(10-16)9-14(18)19-2/h3-5,8,13H,6-7,9-10H2,1-2H3. The van der Waals surface area contributed by atoms with Crippen molar-refractivity contribution in [3.8, 4) is 0 Å². The van der Waals surface area contributed by atoms with Crippen molar-refractivity contribution in [1.29, 1.82) is 0 Å². The molecule has 1 saturated heterocycles. The van der Waals surface area contributed by atoms with Gasteiger partial charge in [0.1, 0.15) is 5.82 Å². The fourth-order valence-electron chi connectivity index (χ4n) is 2.46. The molecule has 1 fully saturated rings. The van der Waals surface area contributed by atoms with Crippen molar-refractivity contribution < 1.29 is 13.9 Å². The van der Waals surface area contributed by atoms with Gasteiger partial charge in [-0.1, -0.05) is 6.07 Å². The van der Waals surface area contributed by atoms with E-state index in [2.05, 4.69) is 9.80 Å². The zero-order chi connectivity index (χ0) is 13.8. The highest BCUT2D eigenvalue weighted by atomic mass is 19.1. The molecule has 0 spiro atoms. The highest BCUT2D eigenvalue weighted by Gasteiger charge is 2.27. The Labute approximate surface area is 112 Å². The van der Waals surface area contributed by atoms with Crippen molar-refractivity contribution in [1.82, 2.24) is 4.90 Å². The second kappa shape index (κ2) is 6.02. The molecule has 0 aliphatic carbocycles. The quantitative estimate of drug-likeness (QED) is 0.776. The average molecular weight is 266 g/mol. The van der Waals surface area contributed by atoms with Crippen LogP contribution in [0, 0.1) is 5.82 Å². The van der Waals surface area contributed by atoms with Gasteiger partial charge >= 0.3 is 5.97 Å². The van der Waals surface area contributed by atoms with E-state index >= 15 is 0 Å². The van der Waals surface area contributed by atoms with Crippen molar-refractivity contribution in [2.75, 3.05) is 38.7 Å². The number of benzene rings is 1. The summed E-state index contributed by atoms with van der Waals surface area (Å²) in [6.07, 6.45) is 0.317. The number of likely N-dealkylation sites (N-methyl/N-ethyl adjacent to an activating group) is 1. The molecule has 1 aromatic rings. The molecule has 1 aliphatic rings. The van der Waals surface area contributed by atoms with Gasteiger partial charge in [-0.15, -0.1) is 0 Å². The molecule has 4 nitrogen and oxygen atoms in total. The lowest BCUT2D eigenvalue weighted by atomic mass is 10.1. The maximum Gasteiger partial charge on any atom is 0.307 e. The Morgan fingerprint density at radius 3 is 2.95 bits per heavy atom. The predicted octanol–water partition coefficient (Wildman–Crippen LogP) is 1.51. The van der Waals surface area contributed by atoms with E-state index in [0.29, 0.717) is 6.42 Å². The third kappa shape index (κ3) is 3.44. The SMILES string of the molecule is COC(=O)CC1CN(C)CCN1c1cccc(F)c1. The van der Waals surface area contributed by atoms with Crippen LogP contribution < -0.4 is 4.90 Å². The molecule has 0 saturated carbocycles. The normalized spacial score (nSPS) is 20.4. The zero-order valence-electron chi connectivity index (χ0n) is 11.3. The van der Waals surface area contributed by atoms with Gasteiger partial charge in [-0.25, -0.2) is 4.39 Å². The van der Waals surface area contributed by atoms with Crippen LogP contribution in [0.3, 0.4) is 0 Å². The number of hydrogen-bond acceptors (Lipinski definition) is 4. The first-order valence-electron chi connectivity index (χ1n) is 6.37. The fraction of sp³-hybridized carbons (Fsp3) is 0.500.